The summed E-state index contributed by atoms with van der Waals surface area (Å²) < 4.78 is 0. The highest BCUT2D eigenvalue weighted by Crippen LogP contribution is 1.91. The monoisotopic (exact) mass is 219 g/mol. The number of rotatable bonds is 2. The first kappa shape index (κ1) is 11.8. The van der Waals surface area contributed by atoms with E-state index >= 15 is 0 Å². The van der Waals surface area contributed by atoms with E-state index in [0.717, 1.165) is 6.21 Å². The lowest BCUT2D eigenvalue weighted by Crippen LogP contribution is -2.33. The van der Waals surface area contributed by atoms with E-state index in [1.165, 1.54) is 0 Å². The van der Waals surface area contributed by atoms with E-state index in [0.29, 0.717) is 21.8 Å². The van der Waals surface area contributed by atoms with Gasteiger partial charge in [0.05, 0.1) is 0 Å². The molecular weight excluding hydrogens is 206 g/mol. The molecule has 0 aliphatic carbocycles. The van der Waals surface area contributed by atoms with E-state index in [-0.39, 0.29) is 0 Å². The zero-order valence-corrected chi connectivity index (χ0v) is 8.82. The summed E-state index contributed by atoms with van der Waals surface area (Å²) in [5, 5.41) is 19.3. The van der Waals surface area contributed by atoms with Crippen molar-refractivity contribution in [3.05, 3.63) is 28.6 Å². The molecule has 0 heterocycles. The molecule has 0 aliphatic rings. The summed E-state index contributed by atoms with van der Waals surface area (Å²) in [6, 6.07) is 5.09. The van der Waals surface area contributed by atoms with E-state index in [1.54, 1.807) is 31.2 Å². The van der Waals surface area contributed by atoms with E-state index in [2.05, 4.69) is 5.32 Å². The maximum Gasteiger partial charge on any atom is 0.408 e. The molecule has 16 heavy (non-hydrogen) atoms. The summed E-state index contributed by atoms with van der Waals surface area (Å²) >= 11 is 0. The van der Waals surface area contributed by atoms with Crippen molar-refractivity contribution in [1.29, 1.82) is 5.41 Å². The van der Waals surface area contributed by atoms with Crippen molar-refractivity contribution in [3.8, 4) is 0 Å². The molecule has 0 aromatic heterocycles. The summed E-state index contributed by atoms with van der Waals surface area (Å²) in [5.74, 6) is 0. The first-order chi connectivity index (χ1) is 7.54. The molecule has 0 radical (unpaired) electrons. The number of carboxylic acid groups (broad SMARTS) is 1. The molecule has 1 amide bonds. The maximum absolute atomic E-state index is 10.5. The molecule has 0 saturated heterocycles. The Labute approximate surface area is 92.4 Å². The summed E-state index contributed by atoms with van der Waals surface area (Å²) in [5.41, 5.74) is 6.69. The van der Waals surface area contributed by atoms with Crippen LogP contribution in [0.3, 0.4) is 0 Å². The number of nitrogens with two attached hydrogens (primary N) is 1. The molecule has 0 spiro atoms. The van der Waals surface area contributed by atoms with Gasteiger partial charge in [0.1, 0.15) is 0 Å². The molecule has 5 N–H and O–H groups in total. The Morgan fingerprint density at radius 3 is 2.81 bits per heavy atom. The van der Waals surface area contributed by atoms with Crippen molar-refractivity contribution in [2.24, 2.45) is 0 Å². The molecule has 84 valence electrons. The predicted octanol–water partition coefficient (Wildman–Crippen LogP) is 0.0946. The minimum absolute atomic E-state index is 0.501. The number of hydrogen-bond donors (Lipinski definition) is 4. The molecule has 1 aromatic rings. The second kappa shape index (κ2) is 4.97. The van der Waals surface area contributed by atoms with Crippen LogP contribution in [0.5, 0.6) is 0 Å². The Morgan fingerprint density at radius 1 is 1.56 bits per heavy atom. The third-order valence-electron chi connectivity index (χ3n) is 2.04. The van der Waals surface area contributed by atoms with Gasteiger partial charge in [-0.3, -0.25) is 5.32 Å². The van der Waals surface area contributed by atoms with Gasteiger partial charge in [-0.05, 0) is 30.4 Å². The number of nitrogen functional groups attached to an aromatic ring is 1. The van der Waals surface area contributed by atoms with Gasteiger partial charge in [-0.25, -0.2) is 4.79 Å². The third-order valence-corrected chi connectivity index (χ3v) is 2.04. The molecule has 0 unspecified atom stereocenters. The van der Waals surface area contributed by atoms with Crippen LogP contribution < -0.4 is 21.5 Å². The third kappa shape index (κ3) is 2.84. The van der Waals surface area contributed by atoms with Gasteiger partial charge in [0.2, 0.25) is 0 Å². The minimum atomic E-state index is -1.12. The average molecular weight is 219 g/mol. The number of benzene rings is 1. The second-order valence-corrected chi connectivity index (χ2v) is 3.24. The van der Waals surface area contributed by atoms with Crippen molar-refractivity contribution >= 4 is 29.8 Å². The van der Waals surface area contributed by atoms with Crippen LogP contribution in [-0.4, -0.2) is 17.4 Å². The van der Waals surface area contributed by atoms with Crippen molar-refractivity contribution < 1.29 is 9.90 Å². The van der Waals surface area contributed by atoms with Gasteiger partial charge in [-0.2, -0.15) is 0 Å². The highest BCUT2D eigenvalue weighted by atomic mass is 16.4. The standard InChI is InChI=1S/C11H13N3O2/c1-7(14-11(15)16)10-3-2-9(13)6-8(10)4-5-12/h2-6,12,14H,13H2,1H3,(H,15,16)/b8-4-,10-7+,12-5?. The van der Waals surface area contributed by atoms with Crippen LogP contribution in [0.2, 0.25) is 0 Å². The number of amides is 1. The number of anilines is 1. The van der Waals surface area contributed by atoms with E-state index in [4.69, 9.17) is 16.2 Å². The Hall–Kier alpha value is -2.30. The first-order valence-corrected chi connectivity index (χ1v) is 4.62. The molecule has 1 aromatic carbocycles. The molecule has 0 aliphatic heterocycles. The van der Waals surface area contributed by atoms with Crippen LogP contribution in [0, 0.1) is 5.41 Å². The van der Waals surface area contributed by atoms with Gasteiger partial charge in [0.15, 0.2) is 0 Å². The lowest BCUT2D eigenvalue weighted by Gasteiger charge is -2.01. The zero-order valence-electron chi connectivity index (χ0n) is 8.82. The van der Waals surface area contributed by atoms with E-state index in [1.807, 2.05) is 0 Å². The molecule has 5 nitrogen and oxygen atoms in total. The van der Waals surface area contributed by atoms with Crippen LogP contribution in [0.15, 0.2) is 18.2 Å². The second-order valence-electron chi connectivity index (χ2n) is 3.24. The zero-order chi connectivity index (χ0) is 12.1. The molecule has 1 rings (SSSR count). The van der Waals surface area contributed by atoms with Crippen LogP contribution in [-0.2, 0) is 0 Å². The average Bonchev–Trinajstić information content (AvgIpc) is 2.17. The normalized spacial score (nSPS) is 13.2. The number of hydrogen-bond acceptors (Lipinski definition) is 3. The van der Waals surface area contributed by atoms with Gasteiger partial charge in [-0.15, -0.1) is 0 Å². The minimum Gasteiger partial charge on any atom is -0.465 e. The van der Waals surface area contributed by atoms with Gasteiger partial charge in [0, 0.05) is 22.8 Å². The Morgan fingerprint density at radius 2 is 2.25 bits per heavy atom. The van der Waals surface area contributed by atoms with Crippen LogP contribution >= 0.6 is 0 Å². The Balaban J connectivity index is 3.49. The Kier molecular flexibility index (Phi) is 3.66. The fourth-order valence-electron chi connectivity index (χ4n) is 1.38. The highest BCUT2D eigenvalue weighted by Gasteiger charge is 1.98. The molecule has 5 heteroatoms. The van der Waals surface area contributed by atoms with Crippen molar-refractivity contribution in [2.45, 2.75) is 6.92 Å². The van der Waals surface area contributed by atoms with Crippen LogP contribution in [0.4, 0.5) is 10.5 Å². The lowest BCUT2D eigenvalue weighted by molar-refractivity contribution is 0.199. The molecule has 0 fully saturated rings. The topological polar surface area (TPSA) is 99.2 Å². The van der Waals surface area contributed by atoms with Crippen molar-refractivity contribution in [3.63, 3.8) is 0 Å². The fraction of sp³-hybridized carbons (Fsp3) is 0.0909. The van der Waals surface area contributed by atoms with Gasteiger partial charge in [-0.1, -0.05) is 6.07 Å². The van der Waals surface area contributed by atoms with Gasteiger partial charge >= 0.3 is 6.09 Å². The lowest BCUT2D eigenvalue weighted by atomic mass is 10.2. The van der Waals surface area contributed by atoms with Crippen LogP contribution in [0.1, 0.15) is 6.92 Å². The Bertz CT molecular complexity index is 535. The number of nitrogens with one attached hydrogen (secondary N) is 2. The highest BCUT2D eigenvalue weighted by molar-refractivity contribution is 5.88. The van der Waals surface area contributed by atoms with Crippen LogP contribution in [0.25, 0.3) is 11.8 Å². The molecule has 0 atom stereocenters. The van der Waals surface area contributed by atoms with E-state index in [9.17, 15) is 4.79 Å². The smallest absolute Gasteiger partial charge is 0.408 e. The predicted molar refractivity (Wildman–Crippen MR) is 63.6 cm³/mol. The number of carbonyl (C=O) groups is 1. The van der Waals surface area contributed by atoms with Gasteiger partial charge < -0.3 is 16.2 Å². The SMILES string of the molecule is C/C(NC(=O)O)=c1/ccc(N)c/c1=C/C=N. The summed E-state index contributed by atoms with van der Waals surface area (Å²) in [6.45, 7) is 1.65. The fourth-order valence-corrected chi connectivity index (χ4v) is 1.38. The molecular formula is C11H13N3O2. The van der Waals surface area contributed by atoms with Crippen molar-refractivity contribution in [2.75, 3.05) is 5.73 Å². The van der Waals surface area contributed by atoms with Crippen molar-refractivity contribution in [1.82, 2.24) is 5.32 Å². The van der Waals surface area contributed by atoms with Gasteiger partial charge in [0.25, 0.3) is 0 Å². The molecule has 0 bridgehead atoms. The quantitative estimate of drug-likeness (QED) is 0.419. The summed E-state index contributed by atoms with van der Waals surface area (Å²) in [7, 11) is 0. The maximum atomic E-state index is 10.5. The summed E-state index contributed by atoms with van der Waals surface area (Å²) in [6.07, 6.45) is 1.57. The van der Waals surface area contributed by atoms with E-state index < -0.39 is 6.09 Å². The largest absolute Gasteiger partial charge is 0.465 e. The summed E-state index contributed by atoms with van der Waals surface area (Å²) in [4.78, 5) is 10.5. The first-order valence-electron chi connectivity index (χ1n) is 4.62. The molecule has 0 saturated carbocycles.